The quantitative estimate of drug-likeness (QED) is 0.774. The molecule has 0 spiro atoms. The van der Waals surface area contributed by atoms with Crippen LogP contribution in [-0.2, 0) is 4.74 Å². The zero-order valence-corrected chi connectivity index (χ0v) is 8.57. The number of ether oxygens (including phenoxy) is 1. The minimum atomic E-state index is 0.265. The second kappa shape index (κ2) is 4.11. The van der Waals surface area contributed by atoms with Crippen LogP contribution in [0.2, 0.25) is 0 Å². The van der Waals surface area contributed by atoms with Gasteiger partial charge in [-0.1, -0.05) is 29.8 Å². The van der Waals surface area contributed by atoms with Crippen molar-refractivity contribution in [2.24, 2.45) is 5.73 Å². The molecule has 2 heteroatoms. The Morgan fingerprint density at radius 1 is 1.36 bits per heavy atom. The zero-order chi connectivity index (χ0) is 9.97. The minimum absolute atomic E-state index is 0.265. The standard InChI is InChI=1S/C12H17NO/c1-9-2-4-10(5-3-9)11-6-12(7-13)14-8-11/h2-5,11-12H,6-8,13H2,1H3/t11-,12+/m0/s1. The summed E-state index contributed by atoms with van der Waals surface area (Å²) in [6.07, 6.45) is 1.33. The van der Waals surface area contributed by atoms with Crippen LogP contribution in [-0.4, -0.2) is 19.3 Å². The second-order valence-corrected chi connectivity index (χ2v) is 4.03. The highest BCUT2D eigenvalue weighted by Crippen LogP contribution is 2.28. The van der Waals surface area contributed by atoms with Crippen molar-refractivity contribution in [3.8, 4) is 0 Å². The molecule has 2 N–H and O–H groups in total. The molecule has 0 unspecified atom stereocenters. The maximum atomic E-state index is 5.57. The highest BCUT2D eigenvalue weighted by Gasteiger charge is 2.25. The van der Waals surface area contributed by atoms with Crippen LogP contribution in [0.3, 0.4) is 0 Å². The first-order chi connectivity index (χ1) is 6.79. The van der Waals surface area contributed by atoms with Crippen LogP contribution in [0.5, 0.6) is 0 Å². The molecule has 1 aliphatic rings. The van der Waals surface area contributed by atoms with E-state index >= 15 is 0 Å². The summed E-state index contributed by atoms with van der Waals surface area (Å²) in [6.45, 7) is 3.57. The molecule has 2 rings (SSSR count). The molecule has 2 nitrogen and oxygen atoms in total. The third-order valence-electron chi connectivity index (χ3n) is 2.89. The Labute approximate surface area is 85.1 Å². The topological polar surface area (TPSA) is 35.2 Å². The number of hydrogen-bond acceptors (Lipinski definition) is 2. The van der Waals surface area contributed by atoms with Crippen LogP contribution in [0.15, 0.2) is 24.3 Å². The fourth-order valence-electron chi connectivity index (χ4n) is 1.94. The van der Waals surface area contributed by atoms with Crippen molar-refractivity contribution >= 4 is 0 Å². The van der Waals surface area contributed by atoms with Crippen LogP contribution in [0.25, 0.3) is 0 Å². The molecule has 1 aromatic rings. The Bertz CT molecular complexity index is 294. The fraction of sp³-hybridized carbons (Fsp3) is 0.500. The van der Waals surface area contributed by atoms with Crippen molar-refractivity contribution in [1.82, 2.24) is 0 Å². The molecule has 0 amide bonds. The number of rotatable bonds is 2. The van der Waals surface area contributed by atoms with Gasteiger partial charge in [0.05, 0.1) is 12.7 Å². The van der Waals surface area contributed by atoms with Gasteiger partial charge in [0, 0.05) is 12.5 Å². The molecule has 1 aromatic carbocycles. The highest BCUT2D eigenvalue weighted by atomic mass is 16.5. The average molecular weight is 191 g/mol. The second-order valence-electron chi connectivity index (χ2n) is 4.03. The summed E-state index contributed by atoms with van der Waals surface area (Å²) in [5.74, 6) is 0.546. The normalized spacial score (nSPS) is 26.7. The average Bonchev–Trinajstić information content (AvgIpc) is 2.67. The lowest BCUT2D eigenvalue weighted by Crippen LogP contribution is -2.18. The third-order valence-corrected chi connectivity index (χ3v) is 2.89. The van der Waals surface area contributed by atoms with Crippen LogP contribution in [0.4, 0.5) is 0 Å². The Balaban J connectivity index is 2.06. The molecule has 14 heavy (non-hydrogen) atoms. The summed E-state index contributed by atoms with van der Waals surface area (Å²) in [5, 5.41) is 0. The van der Waals surface area contributed by atoms with Crippen molar-refractivity contribution in [1.29, 1.82) is 0 Å². The Hall–Kier alpha value is -0.860. The van der Waals surface area contributed by atoms with Gasteiger partial charge in [0.15, 0.2) is 0 Å². The van der Waals surface area contributed by atoms with E-state index in [9.17, 15) is 0 Å². The first-order valence-corrected chi connectivity index (χ1v) is 5.18. The van der Waals surface area contributed by atoms with Gasteiger partial charge < -0.3 is 10.5 Å². The fourth-order valence-corrected chi connectivity index (χ4v) is 1.94. The summed E-state index contributed by atoms with van der Waals surface area (Å²) < 4.78 is 5.57. The monoisotopic (exact) mass is 191 g/mol. The van der Waals surface area contributed by atoms with Crippen LogP contribution in [0, 0.1) is 6.92 Å². The molecule has 0 saturated carbocycles. The lowest BCUT2D eigenvalue weighted by Gasteiger charge is -2.08. The van der Waals surface area contributed by atoms with E-state index in [1.807, 2.05) is 0 Å². The number of hydrogen-bond donors (Lipinski definition) is 1. The third kappa shape index (κ3) is 1.97. The van der Waals surface area contributed by atoms with E-state index in [1.54, 1.807) is 0 Å². The molecule has 1 saturated heterocycles. The van der Waals surface area contributed by atoms with Crippen molar-refractivity contribution in [3.05, 3.63) is 35.4 Å². The Kier molecular flexibility index (Phi) is 2.85. The minimum Gasteiger partial charge on any atom is -0.376 e. The van der Waals surface area contributed by atoms with Crippen LogP contribution in [0.1, 0.15) is 23.5 Å². The number of benzene rings is 1. The lowest BCUT2D eigenvalue weighted by molar-refractivity contribution is 0.116. The van der Waals surface area contributed by atoms with E-state index in [1.165, 1.54) is 11.1 Å². The predicted octanol–water partition coefficient (Wildman–Crippen LogP) is 1.83. The lowest BCUT2D eigenvalue weighted by atomic mass is 9.95. The molecule has 0 aromatic heterocycles. The molecule has 2 atom stereocenters. The van der Waals surface area contributed by atoms with Gasteiger partial charge in [-0.3, -0.25) is 0 Å². The van der Waals surface area contributed by atoms with Crippen molar-refractivity contribution < 1.29 is 4.74 Å². The van der Waals surface area contributed by atoms with Gasteiger partial charge in [0.1, 0.15) is 0 Å². The van der Waals surface area contributed by atoms with Crippen molar-refractivity contribution in [2.45, 2.75) is 25.4 Å². The van der Waals surface area contributed by atoms with Crippen LogP contribution < -0.4 is 5.73 Å². The van der Waals surface area contributed by atoms with Gasteiger partial charge in [-0.05, 0) is 18.9 Å². The summed E-state index contributed by atoms with van der Waals surface area (Å²) in [5.41, 5.74) is 8.26. The number of nitrogens with two attached hydrogens (primary N) is 1. The molecule has 0 radical (unpaired) electrons. The molecule has 1 fully saturated rings. The largest absolute Gasteiger partial charge is 0.376 e. The first-order valence-electron chi connectivity index (χ1n) is 5.18. The van der Waals surface area contributed by atoms with Gasteiger partial charge in [0.25, 0.3) is 0 Å². The molecular formula is C12H17NO. The molecule has 1 aliphatic heterocycles. The summed E-state index contributed by atoms with van der Waals surface area (Å²) in [7, 11) is 0. The van der Waals surface area contributed by atoms with E-state index in [4.69, 9.17) is 10.5 Å². The predicted molar refractivity (Wildman–Crippen MR) is 57.3 cm³/mol. The first kappa shape index (κ1) is 9.69. The van der Waals surface area contributed by atoms with Gasteiger partial charge in [-0.15, -0.1) is 0 Å². The molecule has 0 aliphatic carbocycles. The van der Waals surface area contributed by atoms with E-state index < -0.39 is 0 Å². The molecule has 76 valence electrons. The summed E-state index contributed by atoms with van der Waals surface area (Å²) >= 11 is 0. The Morgan fingerprint density at radius 3 is 2.64 bits per heavy atom. The van der Waals surface area contributed by atoms with Gasteiger partial charge in [-0.2, -0.15) is 0 Å². The van der Waals surface area contributed by atoms with E-state index in [2.05, 4.69) is 31.2 Å². The SMILES string of the molecule is Cc1ccc([C@@H]2CO[C@@H](CN)C2)cc1. The van der Waals surface area contributed by atoms with Gasteiger partial charge in [0.2, 0.25) is 0 Å². The summed E-state index contributed by atoms with van der Waals surface area (Å²) in [6, 6.07) is 8.71. The van der Waals surface area contributed by atoms with E-state index in [0.717, 1.165) is 13.0 Å². The number of aryl methyl sites for hydroxylation is 1. The molecular weight excluding hydrogens is 174 g/mol. The van der Waals surface area contributed by atoms with E-state index in [-0.39, 0.29) is 6.10 Å². The maximum Gasteiger partial charge on any atom is 0.0704 e. The summed E-state index contributed by atoms with van der Waals surface area (Å²) in [4.78, 5) is 0. The van der Waals surface area contributed by atoms with E-state index in [0.29, 0.717) is 12.5 Å². The Morgan fingerprint density at radius 2 is 2.07 bits per heavy atom. The van der Waals surface area contributed by atoms with Crippen molar-refractivity contribution in [2.75, 3.05) is 13.2 Å². The molecule has 1 heterocycles. The van der Waals surface area contributed by atoms with Crippen molar-refractivity contribution in [3.63, 3.8) is 0 Å². The van der Waals surface area contributed by atoms with Gasteiger partial charge >= 0.3 is 0 Å². The van der Waals surface area contributed by atoms with Gasteiger partial charge in [-0.25, -0.2) is 0 Å². The highest BCUT2D eigenvalue weighted by molar-refractivity contribution is 5.25. The van der Waals surface area contributed by atoms with Crippen LogP contribution >= 0.6 is 0 Å². The molecule has 0 bridgehead atoms. The maximum absolute atomic E-state index is 5.57. The zero-order valence-electron chi connectivity index (χ0n) is 8.57. The smallest absolute Gasteiger partial charge is 0.0704 e.